The Kier molecular flexibility index (Phi) is 4.97. The van der Waals surface area contributed by atoms with Gasteiger partial charge in [0.25, 0.3) is 5.91 Å². The molecule has 4 rings (SSSR count). The van der Waals surface area contributed by atoms with Gasteiger partial charge in [0.05, 0.1) is 11.8 Å². The Bertz CT molecular complexity index is 1110. The lowest BCUT2D eigenvalue weighted by Crippen LogP contribution is -2.28. The van der Waals surface area contributed by atoms with Gasteiger partial charge in [-0.15, -0.1) is 0 Å². The first-order chi connectivity index (χ1) is 13.5. The average molecular weight is 393 g/mol. The van der Waals surface area contributed by atoms with Crippen LogP contribution in [0.25, 0.3) is 11.1 Å². The van der Waals surface area contributed by atoms with Crippen molar-refractivity contribution in [1.29, 1.82) is 0 Å². The Balaban J connectivity index is 1.63. The molecule has 0 saturated carbocycles. The summed E-state index contributed by atoms with van der Waals surface area (Å²) >= 11 is 5.95. The van der Waals surface area contributed by atoms with E-state index in [1.165, 1.54) is 5.56 Å². The molecule has 1 amide bonds. The zero-order valence-electron chi connectivity index (χ0n) is 15.9. The summed E-state index contributed by atoms with van der Waals surface area (Å²) in [5, 5.41) is 0.685. The van der Waals surface area contributed by atoms with E-state index in [9.17, 15) is 4.79 Å². The molecule has 142 valence electrons. The number of hydrogen-bond acceptors (Lipinski definition) is 2. The number of nitrogens with zero attached hydrogens (tertiary/aromatic N) is 2. The van der Waals surface area contributed by atoms with Crippen molar-refractivity contribution in [2.45, 2.75) is 20.0 Å². The molecule has 2 heterocycles. The topological polar surface area (TPSA) is 38.4 Å². The summed E-state index contributed by atoms with van der Waals surface area (Å²) < 4.78 is 7.57. The highest BCUT2D eigenvalue weighted by molar-refractivity contribution is 6.30. The number of carbonyl (C=O) groups is 1. The highest BCUT2D eigenvalue weighted by atomic mass is 35.5. The van der Waals surface area contributed by atoms with Crippen molar-refractivity contribution in [2.24, 2.45) is 0 Å². The van der Waals surface area contributed by atoms with Gasteiger partial charge >= 0.3 is 0 Å². The first-order valence-corrected chi connectivity index (χ1v) is 9.51. The predicted octanol–water partition coefficient (Wildman–Crippen LogP) is 5.52. The van der Waals surface area contributed by atoms with Crippen LogP contribution in [0.2, 0.25) is 5.02 Å². The Morgan fingerprint density at radius 2 is 1.71 bits per heavy atom. The molecule has 0 radical (unpaired) electrons. The van der Waals surface area contributed by atoms with Gasteiger partial charge in [-0.25, -0.2) is 0 Å². The number of hydrogen-bond donors (Lipinski definition) is 0. The van der Waals surface area contributed by atoms with E-state index in [1.807, 2.05) is 48.0 Å². The van der Waals surface area contributed by atoms with E-state index in [0.29, 0.717) is 23.8 Å². The van der Waals surface area contributed by atoms with Crippen molar-refractivity contribution in [3.63, 3.8) is 0 Å². The van der Waals surface area contributed by atoms with E-state index < -0.39 is 0 Å². The van der Waals surface area contributed by atoms with Gasteiger partial charge in [-0.1, -0.05) is 53.6 Å². The van der Waals surface area contributed by atoms with E-state index in [-0.39, 0.29) is 5.91 Å². The molecule has 0 spiro atoms. The fourth-order valence-corrected chi connectivity index (χ4v) is 3.46. The minimum absolute atomic E-state index is 0.0477. The monoisotopic (exact) mass is 392 g/mol. The number of aryl methyl sites for hydroxylation is 1. The second kappa shape index (κ2) is 7.56. The van der Waals surface area contributed by atoms with Crippen LogP contribution >= 0.6 is 11.6 Å². The minimum atomic E-state index is -0.0477. The number of furan rings is 1. The minimum Gasteiger partial charge on any atom is -0.463 e. The molecule has 0 atom stereocenters. The number of carbonyl (C=O) groups excluding carboxylic acids is 1. The van der Waals surface area contributed by atoms with Crippen LogP contribution < -0.4 is 0 Å². The maximum Gasteiger partial charge on any atom is 0.270 e. The van der Waals surface area contributed by atoms with Crippen LogP contribution in [0.15, 0.2) is 71.3 Å². The average Bonchev–Trinajstić information content (AvgIpc) is 3.27. The van der Waals surface area contributed by atoms with Gasteiger partial charge in [0, 0.05) is 37.3 Å². The number of halogens is 1. The van der Waals surface area contributed by atoms with Gasteiger partial charge in [-0.2, -0.15) is 0 Å². The van der Waals surface area contributed by atoms with Crippen molar-refractivity contribution in [2.75, 3.05) is 7.05 Å². The Hall–Kier alpha value is -2.98. The largest absolute Gasteiger partial charge is 0.463 e. The van der Waals surface area contributed by atoms with Crippen molar-refractivity contribution < 1.29 is 9.21 Å². The summed E-state index contributed by atoms with van der Waals surface area (Å²) in [6.07, 6.45) is 1.65. The van der Waals surface area contributed by atoms with Gasteiger partial charge in [0.1, 0.15) is 5.69 Å². The van der Waals surface area contributed by atoms with Gasteiger partial charge in [-0.3, -0.25) is 4.79 Å². The highest BCUT2D eigenvalue weighted by Crippen LogP contribution is 2.24. The number of benzene rings is 2. The third-order valence-corrected chi connectivity index (χ3v) is 5.13. The molecule has 0 bridgehead atoms. The molecule has 0 aliphatic carbocycles. The van der Waals surface area contributed by atoms with E-state index in [2.05, 4.69) is 31.2 Å². The molecular weight excluding hydrogens is 372 g/mol. The van der Waals surface area contributed by atoms with Gasteiger partial charge in [0.2, 0.25) is 0 Å². The zero-order chi connectivity index (χ0) is 19.7. The summed E-state index contributed by atoms with van der Waals surface area (Å²) in [5.41, 5.74) is 5.63. The molecule has 0 saturated heterocycles. The second-order valence-corrected chi connectivity index (χ2v) is 7.50. The third-order valence-electron chi connectivity index (χ3n) is 4.88. The van der Waals surface area contributed by atoms with Crippen molar-refractivity contribution in [1.82, 2.24) is 9.47 Å². The number of fused-ring (bicyclic) bond motifs is 1. The Morgan fingerprint density at radius 1 is 1.04 bits per heavy atom. The predicted molar refractivity (Wildman–Crippen MR) is 112 cm³/mol. The van der Waals surface area contributed by atoms with Gasteiger partial charge < -0.3 is 13.9 Å². The van der Waals surface area contributed by atoms with E-state index in [4.69, 9.17) is 16.0 Å². The summed E-state index contributed by atoms with van der Waals surface area (Å²) in [7, 11) is 1.81. The van der Waals surface area contributed by atoms with E-state index in [1.54, 1.807) is 11.2 Å². The van der Waals surface area contributed by atoms with Crippen LogP contribution in [0.3, 0.4) is 0 Å². The van der Waals surface area contributed by atoms with Crippen molar-refractivity contribution in [3.8, 4) is 0 Å². The zero-order valence-corrected chi connectivity index (χ0v) is 16.6. The molecule has 4 nitrogen and oxygen atoms in total. The number of amides is 1. The van der Waals surface area contributed by atoms with Crippen LogP contribution in [0.4, 0.5) is 0 Å². The summed E-state index contributed by atoms with van der Waals surface area (Å²) in [5.74, 6) is -0.0477. The van der Waals surface area contributed by atoms with E-state index >= 15 is 0 Å². The van der Waals surface area contributed by atoms with Crippen molar-refractivity contribution >= 4 is 28.6 Å². The lowest BCUT2D eigenvalue weighted by molar-refractivity contribution is 0.0775. The molecular formula is C23H21ClN2O2. The maximum atomic E-state index is 13.2. The molecule has 0 fully saturated rings. The van der Waals surface area contributed by atoms with Crippen LogP contribution in [0.5, 0.6) is 0 Å². The normalized spacial score (nSPS) is 11.1. The molecule has 2 aromatic heterocycles. The SMILES string of the molecule is Cc1ccc(Cn2c(C(=O)N(C)Cc3ccc(Cl)cc3)cc3occc32)cc1. The van der Waals surface area contributed by atoms with Gasteiger partial charge in [0.15, 0.2) is 5.58 Å². The molecule has 28 heavy (non-hydrogen) atoms. The first-order valence-electron chi connectivity index (χ1n) is 9.13. The number of aromatic nitrogens is 1. The highest BCUT2D eigenvalue weighted by Gasteiger charge is 2.21. The quantitative estimate of drug-likeness (QED) is 0.448. The van der Waals surface area contributed by atoms with Gasteiger partial charge in [-0.05, 0) is 30.2 Å². The molecule has 5 heteroatoms. The van der Waals surface area contributed by atoms with E-state index in [0.717, 1.165) is 22.2 Å². The van der Waals surface area contributed by atoms with Crippen LogP contribution in [0.1, 0.15) is 27.2 Å². The van der Waals surface area contributed by atoms with Crippen molar-refractivity contribution in [3.05, 3.63) is 94.3 Å². The maximum absolute atomic E-state index is 13.2. The third kappa shape index (κ3) is 3.69. The molecule has 2 aromatic carbocycles. The lowest BCUT2D eigenvalue weighted by Gasteiger charge is -2.19. The molecule has 0 aliphatic heterocycles. The first kappa shape index (κ1) is 18.4. The standard InChI is InChI=1S/C23H21ClN2O2/c1-16-3-5-18(6-4-16)15-26-20-11-12-28-22(20)13-21(26)23(27)25(2)14-17-7-9-19(24)10-8-17/h3-13H,14-15H2,1-2H3. The molecule has 0 unspecified atom stereocenters. The van der Waals surface area contributed by atoms with Crippen LogP contribution in [-0.2, 0) is 13.1 Å². The Morgan fingerprint density at radius 3 is 2.43 bits per heavy atom. The Labute approximate surface area is 168 Å². The lowest BCUT2D eigenvalue weighted by atomic mass is 10.1. The molecule has 4 aromatic rings. The second-order valence-electron chi connectivity index (χ2n) is 7.06. The molecule has 0 aliphatic rings. The van der Waals surface area contributed by atoms with Crippen LogP contribution in [0, 0.1) is 6.92 Å². The fourth-order valence-electron chi connectivity index (χ4n) is 3.33. The molecule has 0 N–H and O–H groups in total. The van der Waals surface area contributed by atoms with Crippen LogP contribution in [-0.4, -0.2) is 22.4 Å². The summed E-state index contributed by atoms with van der Waals surface area (Å²) in [4.78, 5) is 14.9. The fraction of sp³-hybridized carbons (Fsp3) is 0.174. The smallest absolute Gasteiger partial charge is 0.270 e. The number of rotatable bonds is 5. The summed E-state index contributed by atoms with van der Waals surface area (Å²) in [6.45, 7) is 3.18. The summed E-state index contributed by atoms with van der Waals surface area (Å²) in [6, 6.07) is 19.6.